The fourth-order valence-corrected chi connectivity index (χ4v) is 4.11. The molecule has 174 valence electrons. The third kappa shape index (κ3) is 7.13. The average Bonchev–Trinajstić information content (AvgIpc) is 2.73. The van der Waals surface area contributed by atoms with Crippen LogP contribution in [-0.2, 0) is 37.8 Å². The van der Waals surface area contributed by atoms with Gasteiger partial charge in [0, 0.05) is 11.4 Å². The van der Waals surface area contributed by atoms with E-state index in [2.05, 4.69) is 10.0 Å². The predicted molar refractivity (Wildman–Crippen MR) is 127 cm³/mol. The molecule has 0 radical (unpaired) electrons. The number of carbonyl (C=O) groups is 2. The van der Waals surface area contributed by atoms with Gasteiger partial charge in [0.2, 0.25) is 0 Å². The molecule has 2 rings (SSSR count). The number of halogens is 1. The Kier molecular flexibility index (Phi) is 8.98. The second-order valence-electron chi connectivity index (χ2n) is 8.42. The quantitative estimate of drug-likeness (QED) is 0.411. The van der Waals surface area contributed by atoms with Crippen LogP contribution in [0, 0.1) is 0 Å². The molecule has 2 atom stereocenters. The van der Waals surface area contributed by atoms with Crippen LogP contribution >= 0.6 is 11.6 Å². The van der Waals surface area contributed by atoms with Crippen molar-refractivity contribution in [3.05, 3.63) is 64.7 Å². The molecule has 0 aliphatic carbocycles. The van der Waals surface area contributed by atoms with E-state index in [-0.39, 0.29) is 18.1 Å². The smallest absolute Gasteiger partial charge is 0.412 e. The van der Waals surface area contributed by atoms with Crippen molar-refractivity contribution in [2.45, 2.75) is 51.0 Å². The van der Waals surface area contributed by atoms with Gasteiger partial charge in [-0.1, -0.05) is 54.1 Å². The number of rotatable bonds is 8. The van der Waals surface area contributed by atoms with Crippen LogP contribution in [0.1, 0.15) is 45.2 Å². The number of ether oxygens (including phenoxy) is 2. The molecule has 0 spiro atoms. The summed E-state index contributed by atoms with van der Waals surface area (Å²) < 4.78 is 25.4. The van der Waals surface area contributed by atoms with Gasteiger partial charge in [-0.05, 0) is 44.9 Å². The Morgan fingerprint density at radius 2 is 1.72 bits per heavy atom. The minimum atomic E-state index is -1.50. The molecule has 9 heteroatoms. The maximum Gasteiger partial charge on any atom is 0.412 e. The molecular formula is C23H29ClN2O5S. The van der Waals surface area contributed by atoms with E-state index in [9.17, 15) is 14.1 Å². The number of methoxy groups -OCH3 is 1. The van der Waals surface area contributed by atoms with Crippen LogP contribution in [0.15, 0.2) is 48.5 Å². The Bertz CT molecular complexity index is 936. The Labute approximate surface area is 197 Å². The molecule has 0 fully saturated rings. The molecule has 7 nitrogen and oxygen atoms in total. The Morgan fingerprint density at radius 3 is 2.31 bits per heavy atom. The molecule has 2 N–H and O–H groups in total. The topological polar surface area (TPSA) is 99.7 Å². The number of hydrogen-bond donors (Lipinski definition) is 2. The summed E-state index contributed by atoms with van der Waals surface area (Å²) in [5, 5.41) is 2.83. The van der Waals surface area contributed by atoms with Crippen LogP contribution in [-0.4, -0.2) is 28.5 Å². The van der Waals surface area contributed by atoms with Crippen molar-refractivity contribution in [2.24, 2.45) is 0 Å². The van der Waals surface area contributed by atoms with E-state index in [1.54, 1.807) is 25.1 Å². The van der Waals surface area contributed by atoms with Crippen LogP contribution in [0.2, 0.25) is 5.02 Å². The molecule has 0 bridgehead atoms. The van der Waals surface area contributed by atoms with Gasteiger partial charge in [-0.25, -0.2) is 4.79 Å². The van der Waals surface area contributed by atoms with Gasteiger partial charge in [-0.3, -0.25) is 10.1 Å². The molecule has 2 aromatic carbocycles. The summed E-state index contributed by atoms with van der Waals surface area (Å²) >= 11 is 5.11. The van der Waals surface area contributed by atoms with E-state index in [1.807, 2.05) is 51.1 Å². The SMILES string of the molecule is COC(=O)C[C@](C)(N[S@+]([O-])C(C)(C)C)c1cccc(NC(=O)OCc2ccccc2)c1Cl. The summed E-state index contributed by atoms with van der Waals surface area (Å²) in [4.78, 5) is 24.4. The van der Waals surface area contributed by atoms with Crippen LogP contribution in [0.3, 0.4) is 0 Å². The van der Waals surface area contributed by atoms with Crippen molar-refractivity contribution >= 4 is 40.7 Å². The number of anilines is 1. The Balaban J connectivity index is 2.26. The molecule has 0 aliphatic rings. The Hall–Kier alpha value is -2.26. The maximum atomic E-state index is 12.8. The van der Waals surface area contributed by atoms with Crippen molar-refractivity contribution in [3.8, 4) is 0 Å². The number of amides is 1. The van der Waals surface area contributed by atoms with Crippen LogP contribution in [0.4, 0.5) is 10.5 Å². The van der Waals surface area contributed by atoms with Crippen molar-refractivity contribution in [3.63, 3.8) is 0 Å². The monoisotopic (exact) mass is 480 g/mol. The summed E-state index contributed by atoms with van der Waals surface area (Å²) in [6, 6.07) is 14.3. The first-order valence-electron chi connectivity index (χ1n) is 9.99. The van der Waals surface area contributed by atoms with E-state index in [0.29, 0.717) is 11.3 Å². The average molecular weight is 481 g/mol. The van der Waals surface area contributed by atoms with Crippen molar-refractivity contribution < 1.29 is 23.6 Å². The standard InChI is InChI=1S/C23H29ClN2O5S/c1-22(2,3)32(29)26-23(4,14-19(27)30-5)17-12-9-13-18(20(17)24)25-21(28)31-15-16-10-7-6-8-11-16/h6-13,26H,14-15H2,1-5H3,(H,25,28)/t23-,32+/m0/s1. The highest BCUT2D eigenvalue weighted by Gasteiger charge is 2.40. The fraction of sp³-hybridized carbons (Fsp3) is 0.391. The van der Waals surface area contributed by atoms with Gasteiger partial charge in [0.25, 0.3) is 0 Å². The van der Waals surface area contributed by atoms with Gasteiger partial charge >= 0.3 is 12.1 Å². The normalized spacial score (nSPS) is 14.2. The number of benzene rings is 2. The molecular weight excluding hydrogens is 452 g/mol. The number of hydrogen-bond acceptors (Lipinski definition) is 6. The van der Waals surface area contributed by atoms with E-state index >= 15 is 0 Å². The zero-order valence-electron chi connectivity index (χ0n) is 18.9. The van der Waals surface area contributed by atoms with Crippen LogP contribution < -0.4 is 10.0 Å². The van der Waals surface area contributed by atoms with E-state index in [1.165, 1.54) is 7.11 Å². The molecule has 0 aromatic heterocycles. The van der Waals surface area contributed by atoms with Crippen LogP contribution in [0.5, 0.6) is 0 Å². The zero-order chi connectivity index (χ0) is 23.9. The third-order valence-corrected chi connectivity index (χ3v) is 6.80. The summed E-state index contributed by atoms with van der Waals surface area (Å²) in [6.45, 7) is 7.27. The van der Waals surface area contributed by atoms with Gasteiger partial charge in [0.15, 0.2) is 0 Å². The molecule has 0 unspecified atom stereocenters. The second kappa shape index (κ2) is 11.0. The summed E-state index contributed by atoms with van der Waals surface area (Å²) in [5.74, 6) is -0.498. The maximum absolute atomic E-state index is 12.8. The van der Waals surface area contributed by atoms with Crippen LogP contribution in [0.25, 0.3) is 0 Å². The van der Waals surface area contributed by atoms with Crippen molar-refractivity contribution in [1.82, 2.24) is 4.72 Å². The third-order valence-electron chi connectivity index (χ3n) is 4.64. The second-order valence-corrected chi connectivity index (χ2v) is 10.8. The molecule has 0 heterocycles. The number of nitrogens with one attached hydrogen (secondary N) is 2. The van der Waals surface area contributed by atoms with E-state index in [0.717, 1.165) is 5.56 Å². The molecule has 1 amide bonds. The summed E-state index contributed by atoms with van der Waals surface area (Å²) in [6.07, 6.45) is -0.791. The fourth-order valence-electron chi connectivity index (χ4n) is 2.83. The lowest BCUT2D eigenvalue weighted by molar-refractivity contribution is -0.142. The lowest BCUT2D eigenvalue weighted by Crippen LogP contribution is -2.51. The highest BCUT2D eigenvalue weighted by molar-refractivity contribution is 7.90. The minimum Gasteiger partial charge on any atom is -0.598 e. The zero-order valence-corrected chi connectivity index (χ0v) is 20.4. The van der Waals surface area contributed by atoms with E-state index < -0.39 is 33.7 Å². The molecule has 0 saturated carbocycles. The first-order chi connectivity index (χ1) is 15.0. The van der Waals surface area contributed by atoms with Gasteiger partial charge in [0.1, 0.15) is 11.4 Å². The summed E-state index contributed by atoms with van der Waals surface area (Å²) in [7, 11) is 1.28. The highest BCUT2D eigenvalue weighted by atomic mass is 35.5. The molecule has 32 heavy (non-hydrogen) atoms. The number of esters is 1. The van der Waals surface area contributed by atoms with Crippen molar-refractivity contribution in [1.29, 1.82) is 0 Å². The predicted octanol–water partition coefficient (Wildman–Crippen LogP) is 4.92. The lowest BCUT2D eigenvalue weighted by atomic mass is 9.89. The van der Waals surface area contributed by atoms with Crippen molar-refractivity contribution in [2.75, 3.05) is 12.4 Å². The van der Waals surface area contributed by atoms with Gasteiger partial charge in [-0.15, -0.1) is 4.72 Å². The lowest BCUT2D eigenvalue weighted by Gasteiger charge is -2.35. The first kappa shape index (κ1) is 26.0. The minimum absolute atomic E-state index is 0.107. The first-order valence-corrected chi connectivity index (χ1v) is 11.5. The van der Waals surface area contributed by atoms with Gasteiger partial charge in [0.05, 0.1) is 29.8 Å². The molecule has 0 saturated heterocycles. The molecule has 0 aliphatic heterocycles. The largest absolute Gasteiger partial charge is 0.598 e. The summed E-state index contributed by atoms with van der Waals surface area (Å²) in [5.41, 5.74) is 0.528. The van der Waals surface area contributed by atoms with Gasteiger partial charge < -0.3 is 14.0 Å². The van der Waals surface area contributed by atoms with E-state index in [4.69, 9.17) is 21.1 Å². The molecule has 2 aromatic rings. The number of carbonyl (C=O) groups excluding carboxylic acids is 2. The Morgan fingerprint density at radius 1 is 1.06 bits per heavy atom. The highest BCUT2D eigenvalue weighted by Crippen LogP contribution is 2.37. The van der Waals surface area contributed by atoms with Gasteiger partial charge in [-0.2, -0.15) is 0 Å².